The Labute approximate surface area is 111 Å². The van der Waals surface area contributed by atoms with Crippen molar-refractivity contribution in [3.63, 3.8) is 0 Å². The van der Waals surface area contributed by atoms with Gasteiger partial charge >= 0.3 is 0 Å². The van der Waals surface area contributed by atoms with Gasteiger partial charge in [0.05, 0.1) is 10.7 Å². The number of rotatable bonds is 4. The summed E-state index contributed by atoms with van der Waals surface area (Å²) in [6.45, 7) is 3.72. The van der Waals surface area contributed by atoms with Crippen molar-refractivity contribution >= 4 is 34.8 Å². The lowest BCUT2D eigenvalue weighted by Crippen LogP contribution is -2.19. The van der Waals surface area contributed by atoms with E-state index in [1.54, 1.807) is 12.1 Å². The average molecular weight is 275 g/mol. The van der Waals surface area contributed by atoms with Gasteiger partial charge in [-0.3, -0.25) is 4.79 Å². The van der Waals surface area contributed by atoms with Crippen molar-refractivity contribution in [3.8, 4) is 0 Å². The molecule has 0 aliphatic rings. The number of nitrogens with one attached hydrogen (secondary N) is 1. The monoisotopic (exact) mass is 274 g/mol. The lowest BCUT2D eigenvalue weighted by atomic mass is 10.2. The maximum absolute atomic E-state index is 11.6. The summed E-state index contributed by atoms with van der Waals surface area (Å²) in [4.78, 5) is 11.6. The van der Waals surface area contributed by atoms with E-state index in [-0.39, 0.29) is 11.9 Å². The molecule has 0 saturated carbocycles. The third kappa shape index (κ3) is 4.54. The molecule has 0 saturated heterocycles. The number of aryl methyl sites for hydroxylation is 1. The lowest BCUT2D eigenvalue weighted by Gasteiger charge is -2.10. The van der Waals surface area contributed by atoms with E-state index >= 15 is 0 Å². The SMILES string of the molecule is Cc1cc(Cl)c(NC(=O)CCC(C)N)cc1Cl. The third-order valence-corrected chi connectivity index (χ3v) is 3.07. The topological polar surface area (TPSA) is 55.1 Å². The van der Waals surface area contributed by atoms with E-state index in [0.717, 1.165) is 5.56 Å². The second kappa shape index (κ2) is 6.24. The van der Waals surface area contributed by atoms with Crippen LogP contribution in [0.3, 0.4) is 0 Å². The van der Waals surface area contributed by atoms with E-state index in [1.165, 1.54) is 0 Å². The molecule has 0 heterocycles. The molecule has 0 fully saturated rings. The number of hydrogen-bond acceptors (Lipinski definition) is 2. The van der Waals surface area contributed by atoms with Gasteiger partial charge in [-0.15, -0.1) is 0 Å². The summed E-state index contributed by atoms with van der Waals surface area (Å²) < 4.78 is 0. The summed E-state index contributed by atoms with van der Waals surface area (Å²) in [7, 11) is 0. The van der Waals surface area contributed by atoms with E-state index < -0.39 is 0 Å². The molecular formula is C12H16Cl2N2O. The van der Waals surface area contributed by atoms with E-state index in [0.29, 0.717) is 28.6 Å². The Morgan fingerprint density at radius 2 is 2.06 bits per heavy atom. The van der Waals surface area contributed by atoms with Crippen LogP contribution >= 0.6 is 23.2 Å². The Hall–Kier alpha value is -0.770. The molecule has 1 aromatic rings. The molecule has 3 nitrogen and oxygen atoms in total. The van der Waals surface area contributed by atoms with Gasteiger partial charge < -0.3 is 11.1 Å². The molecular weight excluding hydrogens is 259 g/mol. The van der Waals surface area contributed by atoms with Crippen LogP contribution in [0.4, 0.5) is 5.69 Å². The molecule has 1 aromatic carbocycles. The predicted molar refractivity (Wildman–Crippen MR) is 72.7 cm³/mol. The molecule has 0 radical (unpaired) electrons. The van der Waals surface area contributed by atoms with Gasteiger partial charge in [0.1, 0.15) is 0 Å². The van der Waals surface area contributed by atoms with Crippen LogP contribution in [0.1, 0.15) is 25.3 Å². The second-order valence-electron chi connectivity index (χ2n) is 4.15. The van der Waals surface area contributed by atoms with Crippen LogP contribution in [0.15, 0.2) is 12.1 Å². The molecule has 0 spiro atoms. The standard InChI is InChI=1S/C12H16Cl2N2O/c1-7-5-10(14)11(6-9(7)13)16-12(17)4-3-8(2)15/h5-6,8H,3-4,15H2,1-2H3,(H,16,17). The second-order valence-corrected chi connectivity index (χ2v) is 4.96. The summed E-state index contributed by atoms with van der Waals surface area (Å²) >= 11 is 12.0. The summed E-state index contributed by atoms with van der Waals surface area (Å²) in [5.41, 5.74) is 7.00. The fourth-order valence-corrected chi connectivity index (χ4v) is 1.74. The van der Waals surface area contributed by atoms with Crippen molar-refractivity contribution in [2.75, 3.05) is 5.32 Å². The van der Waals surface area contributed by atoms with Gasteiger partial charge in [-0.25, -0.2) is 0 Å². The molecule has 17 heavy (non-hydrogen) atoms. The van der Waals surface area contributed by atoms with Crippen molar-refractivity contribution in [1.82, 2.24) is 0 Å². The van der Waals surface area contributed by atoms with Gasteiger partial charge in [0, 0.05) is 17.5 Å². The van der Waals surface area contributed by atoms with Gasteiger partial charge in [-0.1, -0.05) is 23.2 Å². The molecule has 3 N–H and O–H groups in total. The average Bonchev–Trinajstić information content (AvgIpc) is 2.23. The first-order valence-corrected chi connectivity index (χ1v) is 6.17. The number of halogens is 2. The molecule has 1 atom stereocenters. The first-order chi connectivity index (χ1) is 7.90. The third-order valence-electron chi connectivity index (χ3n) is 2.35. The number of benzene rings is 1. The summed E-state index contributed by atoms with van der Waals surface area (Å²) in [5.74, 6) is -0.107. The fourth-order valence-electron chi connectivity index (χ4n) is 1.31. The molecule has 1 rings (SSSR count). The van der Waals surface area contributed by atoms with Gasteiger partial charge in [0.2, 0.25) is 5.91 Å². The summed E-state index contributed by atoms with van der Waals surface area (Å²) in [6.07, 6.45) is 1.02. The van der Waals surface area contributed by atoms with Crippen LogP contribution in [0.2, 0.25) is 10.0 Å². The number of nitrogens with two attached hydrogens (primary N) is 1. The zero-order chi connectivity index (χ0) is 13.0. The molecule has 0 aromatic heterocycles. The van der Waals surface area contributed by atoms with Gasteiger partial charge in [-0.05, 0) is 38.0 Å². The maximum Gasteiger partial charge on any atom is 0.224 e. The van der Waals surface area contributed by atoms with Crippen molar-refractivity contribution in [1.29, 1.82) is 0 Å². The highest BCUT2D eigenvalue weighted by Crippen LogP contribution is 2.28. The van der Waals surface area contributed by atoms with E-state index in [1.807, 2.05) is 13.8 Å². The minimum Gasteiger partial charge on any atom is -0.328 e. The van der Waals surface area contributed by atoms with E-state index in [2.05, 4.69) is 5.32 Å². The fraction of sp³-hybridized carbons (Fsp3) is 0.417. The quantitative estimate of drug-likeness (QED) is 0.885. The highest BCUT2D eigenvalue weighted by atomic mass is 35.5. The molecule has 0 bridgehead atoms. The molecule has 94 valence electrons. The van der Waals surface area contributed by atoms with Gasteiger partial charge in [-0.2, -0.15) is 0 Å². The van der Waals surface area contributed by atoms with Crippen LogP contribution < -0.4 is 11.1 Å². The van der Waals surface area contributed by atoms with Crippen molar-refractivity contribution in [2.24, 2.45) is 5.73 Å². The number of carbonyl (C=O) groups excluding carboxylic acids is 1. The van der Waals surface area contributed by atoms with Crippen molar-refractivity contribution in [2.45, 2.75) is 32.7 Å². The predicted octanol–water partition coefficient (Wildman–Crippen LogP) is 3.37. The molecule has 1 amide bonds. The summed E-state index contributed by atoms with van der Waals surface area (Å²) in [5, 5.41) is 3.79. The van der Waals surface area contributed by atoms with E-state index in [4.69, 9.17) is 28.9 Å². The Bertz CT molecular complexity index is 419. The number of carbonyl (C=O) groups is 1. The molecule has 1 unspecified atom stereocenters. The van der Waals surface area contributed by atoms with Crippen LogP contribution in [-0.2, 0) is 4.79 Å². The van der Waals surface area contributed by atoms with Crippen LogP contribution in [-0.4, -0.2) is 11.9 Å². The maximum atomic E-state index is 11.6. The van der Waals surface area contributed by atoms with Crippen LogP contribution in [0.25, 0.3) is 0 Å². The lowest BCUT2D eigenvalue weighted by molar-refractivity contribution is -0.116. The summed E-state index contributed by atoms with van der Waals surface area (Å²) in [6, 6.07) is 3.39. The largest absolute Gasteiger partial charge is 0.328 e. The zero-order valence-electron chi connectivity index (χ0n) is 9.89. The zero-order valence-corrected chi connectivity index (χ0v) is 11.4. The molecule has 5 heteroatoms. The van der Waals surface area contributed by atoms with E-state index in [9.17, 15) is 4.79 Å². The number of anilines is 1. The number of amides is 1. The Balaban J connectivity index is 2.68. The normalized spacial score (nSPS) is 12.3. The minimum absolute atomic E-state index is 0.0119. The van der Waals surface area contributed by atoms with Crippen molar-refractivity contribution < 1.29 is 4.79 Å². The molecule has 0 aliphatic carbocycles. The van der Waals surface area contributed by atoms with Crippen LogP contribution in [0, 0.1) is 6.92 Å². The van der Waals surface area contributed by atoms with Gasteiger partial charge in [0.25, 0.3) is 0 Å². The highest BCUT2D eigenvalue weighted by molar-refractivity contribution is 6.36. The van der Waals surface area contributed by atoms with Crippen LogP contribution in [0.5, 0.6) is 0 Å². The first kappa shape index (κ1) is 14.3. The highest BCUT2D eigenvalue weighted by Gasteiger charge is 2.09. The Morgan fingerprint density at radius 1 is 1.41 bits per heavy atom. The first-order valence-electron chi connectivity index (χ1n) is 5.41. The van der Waals surface area contributed by atoms with Gasteiger partial charge in [0.15, 0.2) is 0 Å². The van der Waals surface area contributed by atoms with Crippen molar-refractivity contribution in [3.05, 3.63) is 27.7 Å². The minimum atomic E-state index is -0.107. The Morgan fingerprint density at radius 3 is 2.65 bits per heavy atom. The molecule has 0 aliphatic heterocycles. The Kier molecular flexibility index (Phi) is 5.25. The smallest absolute Gasteiger partial charge is 0.224 e. The number of hydrogen-bond donors (Lipinski definition) is 2.